The van der Waals surface area contributed by atoms with E-state index in [1.165, 1.54) is 0 Å². The number of carbonyl (C=O) groups excluding carboxylic acids is 3. The lowest BCUT2D eigenvalue weighted by atomic mass is 10.1. The van der Waals surface area contributed by atoms with Crippen LogP contribution in [-0.2, 0) is 19.1 Å². The Morgan fingerprint density at radius 3 is 2.08 bits per heavy atom. The van der Waals surface area contributed by atoms with Gasteiger partial charge in [-0.2, -0.15) is 0 Å². The zero-order chi connectivity index (χ0) is 27.8. The number of benzene rings is 3. The van der Waals surface area contributed by atoms with Gasteiger partial charge in [-0.25, -0.2) is 14.4 Å². The van der Waals surface area contributed by atoms with Crippen LogP contribution in [0.4, 0.5) is 0 Å². The summed E-state index contributed by atoms with van der Waals surface area (Å²) in [6.07, 6.45) is 0.981. The second-order valence-corrected chi connectivity index (χ2v) is 8.71. The Morgan fingerprint density at radius 1 is 0.949 bits per heavy atom. The van der Waals surface area contributed by atoms with Gasteiger partial charge in [-0.05, 0) is 59.7 Å². The zero-order valence-electron chi connectivity index (χ0n) is 21.5. The molecule has 3 aromatic rings. The van der Waals surface area contributed by atoms with E-state index in [9.17, 15) is 14.4 Å². The van der Waals surface area contributed by atoms with Crippen LogP contribution in [0.3, 0.4) is 0 Å². The van der Waals surface area contributed by atoms with E-state index in [4.69, 9.17) is 23.7 Å². The summed E-state index contributed by atoms with van der Waals surface area (Å²) in [7, 11) is 0. The molecule has 0 N–H and O–H groups in total. The van der Waals surface area contributed by atoms with Crippen LogP contribution in [0.2, 0.25) is 0 Å². The molecule has 3 aromatic carbocycles. The molecule has 8 nitrogen and oxygen atoms in total. The molecule has 0 bridgehead atoms. The second kappa shape index (κ2) is 12.6. The Kier molecular flexibility index (Phi) is 8.78. The van der Waals surface area contributed by atoms with E-state index >= 15 is 0 Å². The van der Waals surface area contributed by atoms with Gasteiger partial charge in [0.2, 0.25) is 6.29 Å². The fraction of sp³-hybridized carbons (Fsp3) is 0.194. The van der Waals surface area contributed by atoms with Gasteiger partial charge in [0.1, 0.15) is 30.0 Å². The first-order valence-corrected chi connectivity index (χ1v) is 12.4. The lowest BCUT2D eigenvalue weighted by Gasteiger charge is -2.17. The van der Waals surface area contributed by atoms with Crippen LogP contribution in [0, 0.1) is 0 Å². The first kappa shape index (κ1) is 27.2. The van der Waals surface area contributed by atoms with Crippen LogP contribution in [-0.4, -0.2) is 36.9 Å². The van der Waals surface area contributed by atoms with Crippen molar-refractivity contribution in [2.45, 2.75) is 32.2 Å². The molecule has 39 heavy (non-hydrogen) atoms. The maximum absolute atomic E-state index is 12.6. The lowest BCUT2D eigenvalue weighted by Crippen LogP contribution is -2.22. The van der Waals surface area contributed by atoms with Crippen molar-refractivity contribution in [1.82, 2.24) is 0 Å². The molecule has 1 aliphatic heterocycles. The summed E-state index contributed by atoms with van der Waals surface area (Å²) in [5, 5.41) is 0. The molecule has 0 saturated carbocycles. The quantitative estimate of drug-likeness (QED) is 0.136. The molecule has 8 heteroatoms. The van der Waals surface area contributed by atoms with Crippen LogP contribution in [0.25, 0.3) is 11.1 Å². The molecule has 1 saturated heterocycles. The Labute approximate surface area is 226 Å². The average molecular weight is 529 g/mol. The van der Waals surface area contributed by atoms with Crippen LogP contribution >= 0.6 is 0 Å². The van der Waals surface area contributed by atoms with Crippen LogP contribution < -0.4 is 14.2 Å². The van der Waals surface area contributed by atoms with Gasteiger partial charge in [-0.15, -0.1) is 0 Å². The minimum absolute atomic E-state index is 0.209. The Balaban J connectivity index is 1.29. The van der Waals surface area contributed by atoms with E-state index in [-0.39, 0.29) is 12.7 Å². The number of hydrogen-bond acceptors (Lipinski definition) is 8. The largest absolute Gasteiger partial charge is 0.490 e. The molecular formula is C31H28O8. The first-order valence-electron chi connectivity index (χ1n) is 12.4. The predicted octanol–water partition coefficient (Wildman–Crippen LogP) is 5.67. The SMILES string of the molecule is C=CC(=O)OC(CC)Oc1ccc(-c2ccc(OC(=O)c3ccc(OCC4CC(=C)C(=O)O4)cc3)cc2)cc1. The van der Waals surface area contributed by atoms with Crippen molar-refractivity contribution in [3.8, 4) is 28.4 Å². The number of cyclic esters (lactones) is 1. The third-order valence-corrected chi connectivity index (χ3v) is 5.83. The highest BCUT2D eigenvalue weighted by atomic mass is 16.7. The normalized spacial score (nSPS) is 15.2. The molecular weight excluding hydrogens is 500 g/mol. The van der Waals surface area contributed by atoms with Crippen molar-refractivity contribution >= 4 is 17.9 Å². The summed E-state index contributed by atoms with van der Waals surface area (Å²) in [5.74, 6) is 0.0815. The van der Waals surface area contributed by atoms with Crippen LogP contribution in [0.5, 0.6) is 17.2 Å². The molecule has 0 aromatic heterocycles. The Morgan fingerprint density at radius 2 is 1.54 bits per heavy atom. The van der Waals surface area contributed by atoms with Gasteiger partial charge in [0.05, 0.1) is 5.56 Å². The van der Waals surface area contributed by atoms with Crippen LogP contribution in [0.1, 0.15) is 30.1 Å². The highest BCUT2D eigenvalue weighted by molar-refractivity contribution is 5.91. The lowest BCUT2D eigenvalue weighted by molar-refractivity contribution is -0.157. The highest BCUT2D eigenvalue weighted by Crippen LogP contribution is 2.26. The van der Waals surface area contributed by atoms with E-state index in [0.717, 1.165) is 17.2 Å². The molecule has 0 amide bonds. The third-order valence-electron chi connectivity index (χ3n) is 5.83. The summed E-state index contributed by atoms with van der Waals surface area (Å²) < 4.78 is 27.1. The van der Waals surface area contributed by atoms with E-state index in [1.807, 2.05) is 31.2 Å². The molecule has 200 valence electrons. The topological polar surface area (TPSA) is 97.4 Å². The van der Waals surface area contributed by atoms with Crippen molar-refractivity contribution in [2.75, 3.05) is 6.61 Å². The molecule has 0 spiro atoms. The second-order valence-electron chi connectivity index (χ2n) is 8.71. The molecule has 1 aliphatic rings. The van der Waals surface area contributed by atoms with Gasteiger partial charge in [-0.3, -0.25) is 0 Å². The molecule has 1 heterocycles. The number of carbonyl (C=O) groups is 3. The maximum atomic E-state index is 12.6. The maximum Gasteiger partial charge on any atom is 0.343 e. The van der Waals surface area contributed by atoms with Gasteiger partial charge in [0, 0.05) is 24.5 Å². The summed E-state index contributed by atoms with van der Waals surface area (Å²) in [6.45, 7) is 9.09. The smallest absolute Gasteiger partial charge is 0.343 e. The first-order chi connectivity index (χ1) is 18.8. The van der Waals surface area contributed by atoms with Crippen molar-refractivity contribution in [3.05, 3.63) is 103 Å². The number of esters is 3. The van der Waals surface area contributed by atoms with Crippen molar-refractivity contribution < 1.29 is 38.1 Å². The van der Waals surface area contributed by atoms with Gasteiger partial charge >= 0.3 is 17.9 Å². The highest BCUT2D eigenvalue weighted by Gasteiger charge is 2.27. The summed E-state index contributed by atoms with van der Waals surface area (Å²) in [4.78, 5) is 35.4. The number of ether oxygens (including phenoxy) is 5. The van der Waals surface area contributed by atoms with Gasteiger partial charge in [0.15, 0.2) is 0 Å². The summed E-state index contributed by atoms with van der Waals surface area (Å²) >= 11 is 0. The fourth-order valence-electron chi connectivity index (χ4n) is 3.73. The fourth-order valence-corrected chi connectivity index (χ4v) is 3.73. The minimum atomic E-state index is -0.696. The monoisotopic (exact) mass is 528 g/mol. The molecule has 1 fully saturated rings. The van der Waals surface area contributed by atoms with E-state index in [0.29, 0.717) is 41.2 Å². The van der Waals surface area contributed by atoms with Gasteiger partial charge in [-0.1, -0.05) is 44.3 Å². The molecule has 0 aliphatic carbocycles. The average Bonchev–Trinajstić information content (AvgIpc) is 3.29. The third kappa shape index (κ3) is 7.35. The van der Waals surface area contributed by atoms with Crippen molar-refractivity contribution in [1.29, 1.82) is 0 Å². The van der Waals surface area contributed by atoms with Gasteiger partial charge < -0.3 is 23.7 Å². The predicted molar refractivity (Wildman–Crippen MR) is 143 cm³/mol. The Hall–Kier alpha value is -4.85. The molecule has 4 rings (SSSR count). The summed E-state index contributed by atoms with van der Waals surface area (Å²) in [6, 6.07) is 21.0. The van der Waals surface area contributed by atoms with Crippen molar-refractivity contribution in [2.24, 2.45) is 0 Å². The zero-order valence-corrected chi connectivity index (χ0v) is 21.5. The Bertz CT molecular complexity index is 1320. The molecule has 0 radical (unpaired) electrons. The van der Waals surface area contributed by atoms with E-state index in [1.54, 1.807) is 48.5 Å². The molecule has 2 atom stereocenters. The van der Waals surface area contributed by atoms with E-state index in [2.05, 4.69) is 13.2 Å². The summed E-state index contributed by atoms with van der Waals surface area (Å²) in [5.41, 5.74) is 2.66. The van der Waals surface area contributed by atoms with E-state index < -0.39 is 24.2 Å². The van der Waals surface area contributed by atoms with Crippen molar-refractivity contribution in [3.63, 3.8) is 0 Å². The van der Waals surface area contributed by atoms with Crippen LogP contribution in [0.15, 0.2) is 97.6 Å². The minimum Gasteiger partial charge on any atom is -0.490 e. The molecule has 2 unspecified atom stereocenters. The van der Waals surface area contributed by atoms with Gasteiger partial charge in [0.25, 0.3) is 0 Å². The number of hydrogen-bond donors (Lipinski definition) is 0. The number of rotatable bonds is 11. The standard InChI is InChI=1S/C31H28O8/c1-4-28(32)39-29(5-2)36-25-14-6-21(7-15-25)22-8-16-26(17-9-22)37-31(34)23-10-12-24(13-11-23)35-19-27-18-20(3)30(33)38-27/h4,6-17,27,29H,1,3,5,18-19H2,2H3.